The summed E-state index contributed by atoms with van der Waals surface area (Å²) in [5.74, 6) is -0.445. The Labute approximate surface area is 105 Å². The molecule has 1 aliphatic heterocycles. The average Bonchev–Trinajstić information content (AvgIpc) is 2.66. The average molecular weight is 257 g/mol. The minimum absolute atomic E-state index is 0.0227. The summed E-state index contributed by atoms with van der Waals surface area (Å²) < 4.78 is 13.0. The van der Waals surface area contributed by atoms with E-state index in [4.69, 9.17) is 11.6 Å². The van der Waals surface area contributed by atoms with Gasteiger partial charge >= 0.3 is 0 Å². The molecule has 0 aromatic heterocycles. The SMILES string of the molecule is CCNC1CCN(c2ccc(F)c(Cl)c2)C1=O. The summed E-state index contributed by atoms with van der Waals surface area (Å²) in [6, 6.07) is 4.21. The summed E-state index contributed by atoms with van der Waals surface area (Å²) in [4.78, 5) is 13.7. The quantitative estimate of drug-likeness (QED) is 0.899. The second-order valence-corrected chi connectivity index (χ2v) is 4.39. The number of carbonyl (C=O) groups is 1. The molecule has 1 aromatic rings. The van der Waals surface area contributed by atoms with Crippen LogP contribution in [0.15, 0.2) is 18.2 Å². The third-order valence-corrected chi connectivity index (χ3v) is 3.16. The van der Waals surface area contributed by atoms with Crippen molar-refractivity contribution in [1.29, 1.82) is 0 Å². The van der Waals surface area contributed by atoms with Crippen molar-refractivity contribution < 1.29 is 9.18 Å². The maximum Gasteiger partial charge on any atom is 0.244 e. The van der Waals surface area contributed by atoms with Gasteiger partial charge in [0.15, 0.2) is 0 Å². The molecule has 3 nitrogen and oxygen atoms in total. The molecule has 1 unspecified atom stereocenters. The molecule has 1 aliphatic rings. The third kappa shape index (κ3) is 2.42. The smallest absolute Gasteiger partial charge is 0.244 e. The molecule has 0 bridgehead atoms. The zero-order valence-electron chi connectivity index (χ0n) is 9.54. The van der Waals surface area contributed by atoms with Gasteiger partial charge in [0.25, 0.3) is 0 Å². The molecule has 1 saturated heterocycles. The van der Waals surface area contributed by atoms with Crippen molar-refractivity contribution in [3.8, 4) is 0 Å². The normalized spacial score (nSPS) is 20.1. The number of nitrogens with one attached hydrogen (secondary N) is 1. The molecular weight excluding hydrogens is 243 g/mol. The number of hydrogen-bond acceptors (Lipinski definition) is 2. The first-order chi connectivity index (χ1) is 8.13. The fourth-order valence-electron chi connectivity index (χ4n) is 2.03. The number of carbonyl (C=O) groups excluding carboxylic acids is 1. The summed E-state index contributed by atoms with van der Waals surface area (Å²) in [6.07, 6.45) is 0.766. The van der Waals surface area contributed by atoms with Crippen molar-refractivity contribution >= 4 is 23.2 Å². The number of amides is 1. The zero-order chi connectivity index (χ0) is 12.4. The second kappa shape index (κ2) is 5.02. The van der Waals surface area contributed by atoms with E-state index in [9.17, 15) is 9.18 Å². The van der Waals surface area contributed by atoms with Crippen LogP contribution in [0.5, 0.6) is 0 Å². The lowest BCUT2D eigenvalue weighted by Gasteiger charge is -2.17. The van der Waals surface area contributed by atoms with E-state index >= 15 is 0 Å². The van der Waals surface area contributed by atoms with Gasteiger partial charge in [0.1, 0.15) is 5.82 Å². The van der Waals surface area contributed by atoms with Gasteiger partial charge < -0.3 is 10.2 Å². The van der Waals surface area contributed by atoms with Crippen molar-refractivity contribution in [2.24, 2.45) is 0 Å². The summed E-state index contributed by atoms with van der Waals surface area (Å²) in [5, 5.41) is 3.17. The summed E-state index contributed by atoms with van der Waals surface area (Å²) >= 11 is 5.71. The highest BCUT2D eigenvalue weighted by atomic mass is 35.5. The minimum Gasteiger partial charge on any atom is -0.311 e. The zero-order valence-corrected chi connectivity index (χ0v) is 10.3. The van der Waals surface area contributed by atoms with Crippen molar-refractivity contribution in [1.82, 2.24) is 5.32 Å². The van der Waals surface area contributed by atoms with E-state index in [0.29, 0.717) is 12.2 Å². The van der Waals surface area contributed by atoms with E-state index in [2.05, 4.69) is 5.32 Å². The molecule has 1 atom stereocenters. The monoisotopic (exact) mass is 256 g/mol. The van der Waals surface area contributed by atoms with Crippen molar-refractivity contribution in [2.75, 3.05) is 18.0 Å². The van der Waals surface area contributed by atoms with Crippen LogP contribution < -0.4 is 10.2 Å². The van der Waals surface area contributed by atoms with Crippen molar-refractivity contribution in [2.45, 2.75) is 19.4 Å². The van der Waals surface area contributed by atoms with Gasteiger partial charge in [-0.05, 0) is 31.2 Å². The van der Waals surface area contributed by atoms with Crippen LogP contribution in [0.4, 0.5) is 10.1 Å². The summed E-state index contributed by atoms with van der Waals surface area (Å²) in [7, 11) is 0. The van der Waals surface area contributed by atoms with Gasteiger partial charge in [-0.3, -0.25) is 4.79 Å². The largest absolute Gasteiger partial charge is 0.311 e. The van der Waals surface area contributed by atoms with Crippen LogP contribution in [-0.2, 0) is 4.79 Å². The van der Waals surface area contributed by atoms with Crippen LogP contribution >= 0.6 is 11.6 Å². The molecule has 1 N–H and O–H groups in total. The summed E-state index contributed by atoms with van der Waals surface area (Å²) in [6.45, 7) is 3.36. The van der Waals surface area contributed by atoms with E-state index in [1.165, 1.54) is 12.1 Å². The van der Waals surface area contributed by atoms with E-state index in [1.807, 2.05) is 6.92 Å². The molecule has 1 amide bonds. The molecule has 92 valence electrons. The predicted molar refractivity (Wildman–Crippen MR) is 65.8 cm³/mol. The van der Waals surface area contributed by atoms with Gasteiger partial charge in [0.2, 0.25) is 5.91 Å². The summed E-state index contributed by atoms with van der Waals surface area (Å²) in [5.41, 5.74) is 0.654. The van der Waals surface area contributed by atoms with Crippen LogP contribution in [-0.4, -0.2) is 25.0 Å². The van der Waals surface area contributed by atoms with E-state index < -0.39 is 5.82 Å². The Morgan fingerprint density at radius 3 is 3.00 bits per heavy atom. The Bertz CT molecular complexity index is 439. The second-order valence-electron chi connectivity index (χ2n) is 3.99. The van der Waals surface area contributed by atoms with Crippen molar-refractivity contribution in [3.63, 3.8) is 0 Å². The number of anilines is 1. The lowest BCUT2D eigenvalue weighted by molar-refractivity contribution is -0.118. The number of halogens is 2. The van der Waals surface area contributed by atoms with E-state index in [1.54, 1.807) is 11.0 Å². The van der Waals surface area contributed by atoms with Gasteiger partial charge in [-0.25, -0.2) is 4.39 Å². The Hall–Kier alpha value is -1.13. The minimum atomic E-state index is -0.467. The van der Waals surface area contributed by atoms with E-state index in [-0.39, 0.29) is 17.0 Å². The molecule has 0 aliphatic carbocycles. The van der Waals surface area contributed by atoms with Gasteiger partial charge in [-0.1, -0.05) is 18.5 Å². The number of nitrogens with zero attached hydrogens (tertiary/aromatic N) is 1. The topological polar surface area (TPSA) is 32.3 Å². The van der Waals surface area contributed by atoms with Gasteiger partial charge in [0.05, 0.1) is 11.1 Å². The van der Waals surface area contributed by atoms with Gasteiger partial charge in [-0.15, -0.1) is 0 Å². The first-order valence-electron chi connectivity index (χ1n) is 5.63. The highest BCUT2D eigenvalue weighted by Crippen LogP contribution is 2.26. The first-order valence-corrected chi connectivity index (χ1v) is 6.01. The third-order valence-electron chi connectivity index (χ3n) is 2.87. The lowest BCUT2D eigenvalue weighted by Crippen LogP contribution is -2.38. The number of hydrogen-bond donors (Lipinski definition) is 1. The highest BCUT2D eigenvalue weighted by Gasteiger charge is 2.31. The van der Waals surface area contributed by atoms with Crippen LogP contribution in [0.25, 0.3) is 0 Å². The molecule has 0 radical (unpaired) electrons. The van der Waals surface area contributed by atoms with Crippen molar-refractivity contribution in [3.05, 3.63) is 29.0 Å². The maximum atomic E-state index is 13.0. The Morgan fingerprint density at radius 2 is 2.35 bits per heavy atom. The fourth-order valence-corrected chi connectivity index (χ4v) is 2.20. The van der Waals surface area contributed by atoms with Gasteiger partial charge in [0, 0.05) is 12.2 Å². The van der Waals surface area contributed by atoms with Crippen LogP contribution in [0.2, 0.25) is 5.02 Å². The Balaban J connectivity index is 2.18. The molecule has 1 aromatic carbocycles. The number of benzene rings is 1. The molecular formula is C12H14ClFN2O. The molecule has 0 saturated carbocycles. The molecule has 0 spiro atoms. The first kappa shape index (κ1) is 12.3. The standard InChI is InChI=1S/C12H14ClFN2O/c1-2-15-11-5-6-16(12(11)17)8-3-4-10(14)9(13)7-8/h3-4,7,11,15H,2,5-6H2,1H3. The van der Waals surface area contributed by atoms with Crippen LogP contribution in [0, 0.1) is 5.82 Å². The molecule has 1 fully saturated rings. The number of rotatable bonds is 3. The maximum absolute atomic E-state index is 13.0. The Kier molecular flexibility index (Phi) is 3.64. The molecule has 2 rings (SSSR count). The van der Waals surface area contributed by atoms with Gasteiger partial charge in [-0.2, -0.15) is 0 Å². The molecule has 17 heavy (non-hydrogen) atoms. The lowest BCUT2D eigenvalue weighted by atomic mass is 10.2. The predicted octanol–water partition coefficient (Wildman–Crippen LogP) is 2.19. The van der Waals surface area contributed by atoms with Crippen LogP contribution in [0.3, 0.4) is 0 Å². The molecule has 5 heteroatoms. The molecule has 1 heterocycles. The fraction of sp³-hybridized carbons (Fsp3) is 0.417. The van der Waals surface area contributed by atoms with E-state index in [0.717, 1.165) is 13.0 Å². The number of likely N-dealkylation sites (N-methyl/N-ethyl adjacent to an activating group) is 1. The highest BCUT2D eigenvalue weighted by molar-refractivity contribution is 6.31. The Morgan fingerprint density at radius 1 is 1.59 bits per heavy atom. The van der Waals surface area contributed by atoms with Crippen LogP contribution in [0.1, 0.15) is 13.3 Å².